The fourth-order valence-electron chi connectivity index (χ4n) is 2.44. The Labute approximate surface area is 111 Å². The molecule has 0 aliphatic carbocycles. The van der Waals surface area contributed by atoms with Crippen molar-refractivity contribution in [3.63, 3.8) is 0 Å². The van der Waals surface area contributed by atoms with Gasteiger partial charge in [-0.05, 0) is 11.6 Å². The second-order valence-electron chi connectivity index (χ2n) is 4.51. The topological polar surface area (TPSA) is 51.3 Å². The Morgan fingerprint density at radius 2 is 2.37 bits per heavy atom. The first-order valence-corrected chi connectivity index (χ1v) is 6.26. The predicted octanol–water partition coefficient (Wildman–Crippen LogP) is 2.43. The minimum Gasteiger partial charge on any atom is -0.466 e. The third-order valence-electron chi connectivity index (χ3n) is 3.40. The van der Waals surface area contributed by atoms with Gasteiger partial charge in [0, 0.05) is 29.1 Å². The summed E-state index contributed by atoms with van der Waals surface area (Å²) in [6, 6.07) is 6.04. The Morgan fingerprint density at radius 1 is 1.47 bits per heavy atom. The van der Waals surface area contributed by atoms with Gasteiger partial charge >= 0.3 is 5.97 Å². The lowest BCUT2D eigenvalue weighted by atomic mass is 10.1. The van der Waals surface area contributed by atoms with Gasteiger partial charge in [0.15, 0.2) is 0 Å². The van der Waals surface area contributed by atoms with Gasteiger partial charge in [-0.3, -0.25) is 0 Å². The lowest BCUT2D eigenvalue weighted by Crippen LogP contribution is -2.08. The summed E-state index contributed by atoms with van der Waals surface area (Å²) < 4.78 is 10.1. The van der Waals surface area contributed by atoms with Gasteiger partial charge in [0.25, 0.3) is 0 Å². The van der Waals surface area contributed by atoms with Crippen LogP contribution in [0.3, 0.4) is 0 Å². The molecule has 0 radical (unpaired) electrons. The van der Waals surface area contributed by atoms with Crippen molar-refractivity contribution in [1.29, 1.82) is 0 Å². The maximum atomic E-state index is 11.2. The van der Waals surface area contributed by atoms with Gasteiger partial charge in [0.05, 0.1) is 25.8 Å². The Balaban J connectivity index is 2.08. The number of methoxy groups -OCH3 is 1. The number of esters is 1. The number of fused-ring (bicyclic) bond motifs is 3. The fourth-order valence-corrected chi connectivity index (χ4v) is 2.44. The molecule has 0 unspecified atom stereocenters. The highest BCUT2D eigenvalue weighted by Crippen LogP contribution is 2.29. The summed E-state index contributed by atoms with van der Waals surface area (Å²) >= 11 is 0. The van der Waals surface area contributed by atoms with Gasteiger partial charge in [-0.1, -0.05) is 18.2 Å². The van der Waals surface area contributed by atoms with E-state index in [1.807, 2.05) is 12.1 Å². The highest BCUT2D eigenvalue weighted by Gasteiger charge is 2.16. The van der Waals surface area contributed by atoms with Crippen molar-refractivity contribution in [1.82, 2.24) is 4.98 Å². The molecular formula is C15H15NO3. The molecule has 1 aliphatic rings. The lowest BCUT2D eigenvalue weighted by molar-refractivity contribution is -0.134. The SMILES string of the molecule is COC(=O)/C=C/c1cccc2c3c([nH]c12)CCOC3. The van der Waals surface area contributed by atoms with E-state index in [2.05, 4.69) is 15.8 Å². The number of nitrogens with one attached hydrogen (secondary N) is 1. The van der Waals surface area contributed by atoms with E-state index in [1.54, 1.807) is 6.08 Å². The number of benzene rings is 1. The molecule has 0 bridgehead atoms. The van der Waals surface area contributed by atoms with E-state index < -0.39 is 0 Å². The zero-order valence-electron chi connectivity index (χ0n) is 10.7. The zero-order chi connectivity index (χ0) is 13.2. The summed E-state index contributed by atoms with van der Waals surface area (Å²) in [5.41, 5.74) is 4.50. The van der Waals surface area contributed by atoms with E-state index >= 15 is 0 Å². The van der Waals surface area contributed by atoms with Crippen LogP contribution in [0.5, 0.6) is 0 Å². The number of ether oxygens (including phenoxy) is 2. The van der Waals surface area contributed by atoms with Crippen molar-refractivity contribution in [3.05, 3.63) is 41.1 Å². The van der Waals surface area contributed by atoms with Crippen LogP contribution in [0.15, 0.2) is 24.3 Å². The molecule has 2 heterocycles. The number of hydrogen-bond donors (Lipinski definition) is 1. The summed E-state index contributed by atoms with van der Waals surface area (Å²) in [5, 5.41) is 1.17. The zero-order valence-corrected chi connectivity index (χ0v) is 10.7. The Hall–Kier alpha value is -2.07. The maximum absolute atomic E-state index is 11.2. The van der Waals surface area contributed by atoms with Crippen molar-refractivity contribution in [2.75, 3.05) is 13.7 Å². The number of carbonyl (C=O) groups excluding carboxylic acids is 1. The number of aromatic nitrogens is 1. The predicted molar refractivity (Wildman–Crippen MR) is 72.7 cm³/mol. The van der Waals surface area contributed by atoms with Crippen molar-refractivity contribution in [2.45, 2.75) is 13.0 Å². The van der Waals surface area contributed by atoms with E-state index in [1.165, 1.54) is 29.8 Å². The fraction of sp³-hybridized carbons (Fsp3) is 0.267. The van der Waals surface area contributed by atoms with Crippen molar-refractivity contribution in [2.24, 2.45) is 0 Å². The van der Waals surface area contributed by atoms with Crippen LogP contribution in [0.25, 0.3) is 17.0 Å². The molecule has 0 spiro atoms. The number of H-pyrrole nitrogens is 1. The summed E-state index contributed by atoms with van der Waals surface area (Å²) in [4.78, 5) is 14.6. The number of rotatable bonds is 2. The minimum atomic E-state index is -0.350. The summed E-state index contributed by atoms with van der Waals surface area (Å²) in [5.74, 6) is -0.350. The minimum absolute atomic E-state index is 0.350. The maximum Gasteiger partial charge on any atom is 0.330 e. The van der Waals surface area contributed by atoms with E-state index in [4.69, 9.17) is 4.74 Å². The first-order valence-electron chi connectivity index (χ1n) is 6.26. The van der Waals surface area contributed by atoms with Gasteiger partial charge in [-0.2, -0.15) is 0 Å². The molecule has 0 saturated carbocycles. The second-order valence-corrected chi connectivity index (χ2v) is 4.51. The lowest BCUT2D eigenvalue weighted by Gasteiger charge is -2.11. The Bertz CT molecular complexity index is 655. The second kappa shape index (κ2) is 4.90. The summed E-state index contributed by atoms with van der Waals surface area (Å²) in [7, 11) is 1.37. The molecule has 19 heavy (non-hydrogen) atoms. The van der Waals surface area contributed by atoms with Gasteiger partial charge in [-0.25, -0.2) is 4.79 Å². The Morgan fingerprint density at radius 3 is 3.21 bits per heavy atom. The molecular weight excluding hydrogens is 242 g/mol. The molecule has 98 valence electrons. The first-order chi connectivity index (χ1) is 9.29. The molecule has 0 fully saturated rings. The van der Waals surface area contributed by atoms with Crippen LogP contribution in [-0.2, 0) is 27.3 Å². The van der Waals surface area contributed by atoms with Crippen LogP contribution in [0.2, 0.25) is 0 Å². The normalized spacial score (nSPS) is 14.8. The van der Waals surface area contributed by atoms with Crippen LogP contribution in [0.4, 0.5) is 0 Å². The van der Waals surface area contributed by atoms with Gasteiger partial charge in [0.1, 0.15) is 0 Å². The summed E-state index contributed by atoms with van der Waals surface area (Å²) in [6.07, 6.45) is 4.12. The van der Waals surface area contributed by atoms with Crippen LogP contribution < -0.4 is 0 Å². The third kappa shape index (κ3) is 2.15. The monoisotopic (exact) mass is 257 g/mol. The largest absolute Gasteiger partial charge is 0.466 e. The molecule has 1 aliphatic heterocycles. The molecule has 0 saturated heterocycles. The molecule has 0 atom stereocenters. The highest BCUT2D eigenvalue weighted by atomic mass is 16.5. The molecule has 4 heteroatoms. The molecule has 2 aromatic rings. The Kier molecular flexibility index (Phi) is 3.09. The summed E-state index contributed by atoms with van der Waals surface area (Å²) in [6.45, 7) is 1.41. The molecule has 1 aromatic carbocycles. The number of aromatic amines is 1. The quantitative estimate of drug-likeness (QED) is 0.664. The van der Waals surface area contributed by atoms with Crippen LogP contribution in [0, 0.1) is 0 Å². The molecule has 3 rings (SSSR count). The average molecular weight is 257 g/mol. The molecule has 1 N–H and O–H groups in total. The van der Waals surface area contributed by atoms with Crippen molar-refractivity contribution in [3.8, 4) is 0 Å². The standard InChI is InChI=1S/C15H15NO3/c1-18-14(17)6-5-10-3-2-4-11-12-9-19-8-7-13(12)16-15(10)11/h2-6,16H,7-9H2,1H3/b6-5+. The molecule has 1 aromatic heterocycles. The van der Waals surface area contributed by atoms with Crippen molar-refractivity contribution >= 4 is 22.9 Å². The van der Waals surface area contributed by atoms with Crippen LogP contribution in [-0.4, -0.2) is 24.7 Å². The van der Waals surface area contributed by atoms with Gasteiger partial charge in [0.2, 0.25) is 0 Å². The van der Waals surface area contributed by atoms with Crippen molar-refractivity contribution < 1.29 is 14.3 Å². The third-order valence-corrected chi connectivity index (χ3v) is 3.40. The average Bonchev–Trinajstić information content (AvgIpc) is 2.84. The van der Waals surface area contributed by atoms with E-state index in [0.717, 1.165) is 24.1 Å². The van der Waals surface area contributed by atoms with Gasteiger partial charge in [-0.15, -0.1) is 0 Å². The van der Waals surface area contributed by atoms with E-state index in [0.29, 0.717) is 6.61 Å². The highest BCUT2D eigenvalue weighted by molar-refractivity contribution is 5.95. The van der Waals surface area contributed by atoms with E-state index in [-0.39, 0.29) is 5.97 Å². The van der Waals surface area contributed by atoms with Crippen LogP contribution in [0.1, 0.15) is 16.8 Å². The molecule has 0 amide bonds. The van der Waals surface area contributed by atoms with E-state index in [9.17, 15) is 4.79 Å². The van der Waals surface area contributed by atoms with Gasteiger partial charge < -0.3 is 14.5 Å². The number of hydrogen-bond acceptors (Lipinski definition) is 3. The first kappa shape index (κ1) is 12.0. The number of carbonyl (C=O) groups is 1. The molecule has 4 nitrogen and oxygen atoms in total. The number of para-hydroxylation sites is 1. The van der Waals surface area contributed by atoms with Crippen LogP contribution >= 0.6 is 0 Å². The smallest absolute Gasteiger partial charge is 0.330 e.